The fraction of sp³-hybridized carbons (Fsp3) is 0.278. The van der Waals surface area contributed by atoms with Crippen molar-refractivity contribution in [3.05, 3.63) is 64.2 Å². The highest BCUT2D eigenvalue weighted by molar-refractivity contribution is 5.83. The van der Waals surface area contributed by atoms with Crippen LogP contribution in [0.3, 0.4) is 0 Å². The molecule has 1 amide bonds. The maximum Gasteiger partial charge on any atom is 0.314 e. The highest BCUT2D eigenvalue weighted by Gasteiger charge is 2.31. The second-order valence-corrected chi connectivity index (χ2v) is 5.78. The number of hydrogen-bond donors (Lipinski definition) is 1. The Morgan fingerprint density at radius 3 is 2.56 bits per heavy atom. The smallest absolute Gasteiger partial charge is 0.314 e. The van der Waals surface area contributed by atoms with Gasteiger partial charge >= 0.3 is 5.69 Å². The van der Waals surface area contributed by atoms with Crippen LogP contribution >= 0.6 is 0 Å². The number of carbonyl (C=O) groups excluding carboxylic acids is 1. The molecule has 1 aliphatic carbocycles. The summed E-state index contributed by atoms with van der Waals surface area (Å²) in [5, 5.41) is 14.2. The number of hydrogen-bond acceptors (Lipinski definition) is 5. The first-order valence-corrected chi connectivity index (χ1v) is 7.93. The fourth-order valence-corrected chi connectivity index (χ4v) is 2.40. The Morgan fingerprint density at radius 2 is 1.96 bits per heavy atom. The van der Waals surface area contributed by atoms with Gasteiger partial charge in [0.1, 0.15) is 5.75 Å². The van der Waals surface area contributed by atoms with E-state index in [4.69, 9.17) is 9.47 Å². The standard InChI is InChI=1S/C18H18N2O5/c1-24-14-9-10-16(15(11-14)20(22)23)25-17(12-5-3-2-4-6-12)18(21)19-13-7-8-13/h2-6,9-11,13,17H,7-8H2,1H3,(H,19,21)/t17-/m1/s1. The number of ether oxygens (including phenoxy) is 2. The molecule has 25 heavy (non-hydrogen) atoms. The fourth-order valence-electron chi connectivity index (χ4n) is 2.40. The number of benzene rings is 2. The van der Waals surface area contributed by atoms with Gasteiger partial charge in [0, 0.05) is 11.6 Å². The van der Waals surface area contributed by atoms with Gasteiger partial charge in [-0.2, -0.15) is 0 Å². The van der Waals surface area contributed by atoms with Gasteiger partial charge in [0.25, 0.3) is 5.91 Å². The van der Waals surface area contributed by atoms with Crippen molar-refractivity contribution in [1.82, 2.24) is 5.32 Å². The highest BCUT2D eigenvalue weighted by atomic mass is 16.6. The molecule has 2 aromatic rings. The molecule has 3 rings (SSSR count). The van der Waals surface area contributed by atoms with E-state index in [1.165, 1.54) is 19.2 Å². The van der Waals surface area contributed by atoms with E-state index in [0.29, 0.717) is 11.3 Å². The Balaban J connectivity index is 1.92. The molecule has 0 radical (unpaired) electrons. The van der Waals surface area contributed by atoms with Gasteiger partial charge < -0.3 is 14.8 Å². The van der Waals surface area contributed by atoms with Crippen molar-refractivity contribution in [2.75, 3.05) is 7.11 Å². The quantitative estimate of drug-likeness (QED) is 0.617. The lowest BCUT2D eigenvalue weighted by Gasteiger charge is -2.19. The molecule has 0 heterocycles. The summed E-state index contributed by atoms with van der Waals surface area (Å²) in [5.74, 6) is 0.0576. The molecule has 130 valence electrons. The Morgan fingerprint density at radius 1 is 1.24 bits per heavy atom. The van der Waals surface area contributed by atoms with Gasteiger partial charge in [-0.15, -0.1) is 0 Å². The molecule has 0 aliphatic heterocycles. The third-order valence-corrected chi connectivity index (χ3v) is 3.87. The van der Waals surface area contributed by atoms with E-state index < -0.39 is 11.0 Å². The number of nitro benzene ring substituents is 1. The summed E-state index contributed by atoms with van der Waals surface area (Å²) in [4.78, 5) is 23.4. The first kappa shape index (κ1) is 16.8. The second kappa shape index (κ2) is 7.21. The third-order valence-electron chi connectivity index (χ3n) is 3.87. The van der Waals surface area contributed by atoms with Crippen LogP contribution in [0.5, 0.6) is 11.5 Å². The zero-order valence-corrected chi connectivity index (χ0v) is 13.7. The molecule has 0 saturated heterocycles. The lowest BCUT2D eigenvalue weighted by molar-refractivity contribution is -0.386. The van der Waals surface area contributed by atoms with E-state index in [9.17, 15) is 14.9 Å². The molecule has 0 aromatic heterocycles. The molecule has 1 aliphatic rings. The van der Waals surface area contributed by atoms with Crippen LogP contribution in [0.4, 0.5) is 5.69 Å². The first-order valence-electron chi connectivity index (χ1n) is 7.93. The minimum Gasteiger partial charge on any atom is -0.496 e. The van der Waals surface area contributed by atoms with Gasteiger partial charge in [-0.25, -0.2) is 0 Å². The molecular weight excluding hydrogens is 324 g/mol. The summed E-state index contributed by atoms with van der Waals surface area (Å²) in [7, 11) is 1.43. The zero-order valence-electron chi connectivity index (χ0n) is 13.7. The highest BCUT2D eigenvalue weighted by Crippen LogP contribution is 2.34. The third kappa shape index (κ3) is 4.06. The summed E-state index contributed by atoms with van der Waals surface area (Å²) in [6.07, 6.45) is 0.917. The Bertz CT molecular complexity index is 774. The Kier molecular flexibility index (Phi) is 4.83. The van der Waals surface area contributed by atoms with Crippen LogP contribution < -0.4 is 14.8 Å². The van der Waals surface area contributed by atoms with Crippen molar-refractivity contribution in [3.63, 3.8) is 0 Å². The Labute approximate surface area is 144 Å². The number of nitrogens with one attached hydrogen (secondary N) is 1. The van der Waals surface area contributed by atoms with Gasteiger partial charge in [0.15, 0.2) is 5.75 Å². The van der Waals surface area contributed by atoms with Crippen molar-refractivity contribution < 1.29 is 19.2 Å². The molecule has 1 fully saturated rings. The van der Waals surface area contributed by atoms with Crippen LogP contribution in [0.25, 0.3) is 0 Å². The number of methoxy groups -OCH3 is 1. The molecule has 7 nitrogen and oxygen atoms in total. The SMILES string of the molecule is COc1ccc(O[C@@H](C(=O)NC2CC2)c2ccccc2)c([N+](=O)[O-])c1. The molecule has 7 heteroatoms. The molecule has 2 aromatic carbocycles. The van der Waals surface area contributed by atoms with Gasteiger partial charge in [0.05, 0.1) is 18.1 Å². The summed E-state index contributed by atoms with van der Waals surface area (Å²) in [5.41, 5.74) is 0.380. The summed E-state index contributed by atoms with van der Waals surface area (Å²) < 4.78 is 10.8. The van der Waals surface area contributed by atoms with Crippen molar-refractivity contribution in [1.29, 1.82) is 0 Å². The molecule has 0 bridgehead atoms. The predicted octanol–water partition coefficient (Wildman–Crippen LogP) is 3.00. The summed E-state index contributed by atoms with van der Waals surface area (Å²) in [6, 6.07) is 13.4. The van der Waals surface area contributed by atoms with Gasteiger partial charge in [-0.3, -0.25) is 14.9 Å². The molecule has 1 atom stereocenters. The topological polar surface area (TPSA) is 90.7 Å². The Hall–Kier alpha value is -3.09. The molecule has 1 saturated carbocycles. The lowest BCUT2D eigenvalue weighted by Crippen LogP contribution is -2.34. The predicted molar refractivity (Wildman–Crippen MR) is 90.6 cm³/mol. The monoisotopic (exact) mass is 342 g/mol. The van der Waals surface area contributed by atoms with Gasteiger partial charge in [-0.1, -0.05) is 30.3 Å². The normalized spacial score (nSPS) is 14.4. The van der Waals surface area contributed by atoms with E-state index in [-0.39, 0.29) is 23.4 Å². The number of nitrogens with zero attached hydrogens (tertiary/aromatic N) is 1. The molecule has 0 unspecified atom stereocenters. The number of carbonyl (C=O) groups is 1. The van der Waals surface area contributed by atoms with Crippen molar-refractivity contribution in [2.24, 2.45) is 0 Å². The number of rotatable bonds is 7. The zero-order chi connectivity index (χ0) is 17.8. The molecule has 0 spiro atoms. The second-order valence-electron chi connectivity index (χ2n) is 5.78. The largest absolute Gasteiger partial charge is 0.496 e. The van der Waals surface area contributed by atoms with Crippen LogP contribution in [0.1, 0.15) is 24.5 Å². The summed E-state index contributed by atoms with van der Waals surface area (Å²) >= 11 is 0. The average molecular weight is 342 g/mol. The number of amides is 1. The summed E-state index contributed by atoms with van der Waals surface area (Å²) in [6.45, 7) is 0. The maximum absolute atomic E-state index is 12.6. The van der Waals surface area contributed by atoms with E-state index in [1.807, 2.05) is 6.07 Å². The van der Waals surface area contributed by atoms with Crippen LogP contribution in [0.15, 0.2) is 48.5 Å². The minimum absolute atomic E-state index is 0.0191. The van der Waals surface area contributed by atoms with Gasteiger partial charge in [0.2, 0.25) is 6.10 Å². The number of nitro groups is 1. The van der Waals surface area contributed by atoms with Crippen LogP contribution in [0, 0.1) is 10.1 Å². The van der Waals surface area contributed by atoms with E-state index >= 15 is 0 Å². The minimum atomic E-state index is -0.964. The van der Waals surface area contributed by atoms with Crippen LogP contribution in [0.2, 0.25) is 0 Å². The van der Waals surface area contributed by atoms with Crippen molar-refractivity contribution in [3.8, 4) is 11.5 Å². The average Bonchev–Trinajstić information content (AvgIpc) is 3.44. The lowest BCUT2D eigenvalue weighted by atomic mass is 10.1. The van der Waals surface area contributed by atoms with Gasteiger partial charge in [-0.05, 0) is 25.0 Å². The van der Waals surface area contributed by atoms with Crippen molar-refractivity contribution in [2.45, 2.75) is 25.0 Å². The molecular formula is C18H18N2O5. The van der Waals surface area contributed by atoms with E-state index in [1.54, 1.807) is 30.3 Å². The van der Waals surface area contributed by atoms with E-state index in [0.717, 1.165) is 12.8 Å². The van der Waals surface area contributed by atoms with Crippen LogP contribution in [-0.4, -0.2) is 24.0 Å². The van der Waals surface area contributed by atoms with E-state index in [2.05, 4.69) is 5.32 Å². The van der Waals surface area contributed by atoms with Crippen LogP contribution in [-0.2, 0) is 4.79 Å². The molecule has 1 N–H and O–H groups in total. The maximum atomic E-state index is 12.6. The van der Waals surface area contributed by atoms with Crippen molar-refractivity contribution >= 4 is 11.6 Å². The first-order chi connectivity index (χ1) is 12.1.